The average molecular weight is 238 g/mol. The van der Waals surface area contributed by atoms with Crippen LogP contribution in [0.1, 0.15) is 5.56 Å². The molecule has 0 aliphatic carbocycles. The summed E-state index contributed by atoms with van der Waals surface area (Å²) in [6.45, 7) is 2.14. The molecule has 0 fully saturated rings. The molecule has 0 atom stereocenters. The Morgan fingerprint density at radius 2 is 1.50 bits per heavy atom. The van der Waals surface area contributed by atoms with Crippen molar-refractivity contribution in [2.45, 2.75) is 6.92 Å². The normalized spacial score (nSPS) is 10.7. The zero-order chi connectivity index (χ0) is 12.2. The molecule has 0 radical (unpaired) electrons. The molecule has 0 amide bonds. The molecule has 0 bridgehead atoms. The maximum absolute atomic E-state index is 9.19. The van der Waals surface area contributed by atoms with Crippen molar-refractivity contribution in [3.05, 3.63) is 48.0 Å². The second kappa shape index (κ2) is 5.09. The molecule has 0 heterocycles. The summed E-state index contributed by atoms with van der Waals surface area (Å²) in [5, 5.41) is 2.68. The quantitative estimate of drug-likeness (QED) is 0.718. The van der Waals surface area contributed by atoms with Crippen LogP contribution in [0, 0.1) is 6.92 Å². The average Bonchev–Trinajstić information content (AvgIpc) is 2.16. The van der Waals surface area contributed by atoms with E-state index >= 15 is 0 Å². The van der Waals surface area contributed by atoms with Crippen LogP contribution < -0.4 is 0 Å². The van der Waals surface area contributed by atoms with Crippen molar-refractivity contribution in [3.63, 3.8) is 0 Å². The SMILES string of the molecule is CS(=O)(=O)O.Cc1cccc2ccccc12. The molecule has 0 aliphatic rings. The lowest BCUT2D eigenvalue weighted by Gasteiger charge is -1.98. The fraction of sp³-hybridized carbons (Fsp3) is 0.167. The highest BCUT2D eigenvalue weighted by Gasteiger charge is 1.92. The molecule has 0 saturated carbocycles. The molecule has 0 aliphatic heterocycles. The number of fused-ring (bicyclic) bond motifs is 1. The van der Waals surface area contributed by atoms with Gasteiger partial charge in [-0.2, -0.15) is 8.42 Å². The van der Waals surface area contributed by atoms with Crippen LogP contribution >= 0.6 is 0 Å². The first-order chi connectivity index (χ1) is 7.38. The van der Waals surface area contributed by atoms with Crippen molar-refractivity contribution in [1.82, 2.24) is 0 Å². The van der Waals surface area contributed by atoms with Crippen molar-refractivity contribution in [2.24, 2.45) is 0 Å². The van der Waals surface area contributed by atoms with E-state index in [1.807, 2.05) is 0 Å². The van der Waals surface area contributed by atoms with Crippen LogP contribution in [0.4, 0.5) is 0 Å². The summed E-state index contributed by atoms with van der Waals surface area (Å²) in [5.41, 5.74) is 1.35. The van der Waals surface area contributed by atoms with Crippen molar-refractivity contribution in [2.75, 3.05) is 6.26 Å². The lowest BCUT2D eigenvalue weighted by atomic mass is 10.1. The Morgan fingerprint density at radius 3 is 2.06 bits per heavy atom. The molecule has 2 aromatic carbocycles. The molecule has 0 unspecified atom stereocenters. The zero-order valence-electron chi connectivity index (χ0n) is 9.21. The van der Waals surface area contributed by atoms with Gasteiger partial charge in [0, 0.05) is 0 Å². The molecular weight excluding hydrogens is 224 g/mol. The maximum atomic E-state index is 9.19. The molecule has 0 spiro atoms. The lowest BCUT2D eigenvalue weighted by Crippen LogP contribution is -1.88. The van der Waals surface area contributed by atoms with Crippen LogP contribution in [0.2, 0.25) is 0 Å². The minimum Gasteiger partial charge on any atom is -0.286 e. The summed E-state index contributed by atoms with van der Waals surface area (Å²) >= 11 is 0. The minimum absolute atomic E-state index is 0.715. The van der Waals surface area contributed by atoms with Gasteiger partial charge in [-0.1, -0.05) is 42.5 Å². The molecular formula is C12H14O3S. The molecule has 3 nitrogen and oxygen atoms in total. The van der Waals surface area contributed by atoms with Crippen molar-refractivity contribution < 1.29 is 13.0 Å². The third kappa shape index (κ3) is 4.42. The van der Waals surface area contributed by atoms with E-state index in [1.165, 1.54) is 16.3 Å². The Kier molecular flexibility index (Phi) is 4.04. The number of rotatable bonds is 0. The molecule has 0 aromatic heterocycles. The highest BCUT2D eigenvalue weighted by Crippen LogP contribution is 2.16. The highest BCUT2D eigenvalue weighted by atomic mass is 32.2. The van der Waals surface area contributed by atoms with Crippen LogP contribution in [0.25, 0.3) is 10.8 Å². The van der Waals surface area contributed by atoms with Gasteiger partial charge in [0.05, 0.1) is 6.26 Å². The van der Waals surface area contributed by atoms with Gasteiger partial charge in [0.15, 0.2) is 0 Å². The van der Waals surface area contributed by atoms with Crippen LogP contribution in [-0.2, 0) is 10.1 Å². The van der Waals surface area contributed by atoms with E-state index in [0.717, 1.165) is 0 Å². The van der Waals surface area contributed by atoms with E-state index in [9.17, 15) is 8.42 Å². The molecule has 2 rings (SSSR count). The van der Waals surface area contributed by atoms with E-state index in [0.29, 0.717) is 6.26 Å². The molecule has 4 heteroatoms. The molecule has 0 saturated heterocycles. The summed E-state index contributed by atoms with van der Waals surface area (Å²) < 4.78 is 25.9. The monoisotopic (exact) mass is 238 g/mol. The van der Waals surface area contributed by atoms with Crippen LogP contribution in [-0.4, -0.2) is 19.2 Å². The van der Waals surface area contributed by atoms with Gasteiger partial charge in [0.25, 0.3) is 10.1 Å². The van der Waals surface area contributed by atoms with E-state index in [1.54, 1.807) is 0 Å². The third-order valence-electron chi connectivity index (χ3n) is 2.01. The van der Waals surface area contributed by atoms with Crippen molar-refractivity contribution >= 4 is 20.9 Å². The van der Waals surface area contributed by atoms with E-state index in [4.69, 9.17) is 4.55 Å². The first-order valence-electron chi connectivity index (χ1n) is 4.75. The van der Waals surface area contributed by atoms with Gasteiger partial charge in [0.1, 0.15) is 0 Å². The standard InChI is InChI=1S/C11H10.CH4O3S/c1-9-5-4-7-10-6-2-3-8-11(9)10;1-5(2,3)4/h2-8H,1H3;1H3,(H,2,3,4). The second-order valence-electron chi connectivity index (χ2n) is 3.53. The number of hydrogen-bond acceptors (Lipinski definition) is 2. The topological polar surface area (TPSA) is 54.4 Å². The molecule has 86 valence electrons. The van der Waals surface area contributed by atoms with Gasteiger partial charge < -0.3 is 0 Å². The number of aryl methyl sites for hydroxylation is 1. The van der Waals surface area contributed by atoms with E-state index < -0.39 is 10.1 Å². The van der Waals surface area contributed by atoms with Gasteiger partial charge in [-0.3, -0.25) is 4.55 Å². The Morgan fingerprint density at radius 1 is 1.00 bits per heavy atom. The predicted octanol–water partition coefficient (Wildman–Crippen LogP) is 2.65. The minimum atomic E-state index is -3.67. The summed E-state index contributed by atoms with van der Waals surface area (Å²) in [4.78, 5) is 0. The summed E-state index contributed by atoms with van der Waals surface area (Å²) in [6, 6.07) is 14.8. The fourth-order valence-corrected chi connectivity index (χ4v) is 1.39. The predicted molar refractivity (Wildman–Crippen MR) is 66.2 cm³/mol. The smallest absolute Gasteiger partial charge is 0.261 e. The summed E-state index contributed by atoms with van der Waals surface area (Å²) in [6.07, 6.45) is 0.715. The maximum Gasteiger partial charge on any atom is 0.261 e. The number of benzene rings is 2. The Hall–Kier alpha value is -1.39. The first-order valence-corrected chi connectivity index (χ1v) is 6.59. The van der Waals surface area contributed by atoms with Gasteiger partial charge in [-0.25, -0.2) is 0 Å². The van der Waals surface area contributed by atoms with Gasteiger partial charge in [0.2, 0.25) is 0 Å². The van der Waals surface area contributed by atoms with Crippen molar-refractivity contribution in [1.29, 1.82) is 0 Å². The van der Waals surface area contributed by atoms with Gasteiger partial charge in [-0.05, 0) is 23.3 Å². The third-order valence-corrected chi connectivity index (χ3v) is 2.01. The molecule has 1 N–H and O–H groups in total. The molecule has 2 aromatic rings. The van der Waals surface area contributed by atoms with E-state index in [-0.39, 0.29) is 0 Å². The lowest BCUT2D eigenvalue weighted by molar-refractivity contribution is 0.490. The number of hydrogen-bond donors (Lipinski definition) is 1. The van der Waals surface area contributed by atoms with Crippen molar-refractivity contribution in [3.8, 4) is 0 Å². The van der Waals surface area contributed by atoms with E-state index in [2.05, 4.69) is 49.4 Å². The van der Waals surface area contributed by atoms with Crippen LogP contribution in [0.3, 0.4) is 0 Å². The Bertz CT molecular complexity index is 560. The zero-order valence-corrected chi connectivity index (χ0v) is 10.0. The first kappa shape index (κ1) is 12.7. The Balaban J connectivity index is 0.000000221. The molecule has 16 heavy (non-hydrogen) atoms. The highest BCUT2D eigenvalue weighted by molar-refractivity contribution is 7.85. The van der Waals surface area contributed by atoms with Crippen LogP contribution in [0.5, 0.6) is 0 Å². The fourth-order valence-electron chi connectivity index (χ4n) is 1.39. The van der Waals surface area contributed by atoms with Gasteiger partial charge >= 0.3 is 0 Å². The second-order valence-corrected chi connectivity index (χ2v) is 5.00. The van der Waals surface area contributed by atoms with Gasteiger partial charge in [-0.15, -0.1) is 0 Å². The largest absolute Gasteiger partial charge is 0.286 e. The Labute approximate surface area is 95.5 Å². The summed E-state index contributed by atoms with van der Waals surface area (Å²) in [7, 11) is -3.67. The van der Waals surface area contributed by atoms with Crippen LogP contribution in [0.15, 0.2) is 42.5 Å². The summed E-state index contributed by atoms with van der Waals surface area (Å²) in [5.74, 6) is 0.